The molecular formula is C19H21ClN2O4. The maximum absolute atomic E-state index is 12.0. The van der Waals surface area contributed by atoms with Crippen molar-refractivity contribution in [3.8, 4) is 11.5 Å². The Morgan fingerprint density at radius 1 is 1.00 bits per heavy atom. The molecule has 0 saturated carbocycles. The maximum atomic E-state index is 12.0. The average molecular weight is 377 g/mol. The molecule has 1 unspecified atom stereocenters. The van der Waals surface area contributed by atoms with Crippen molar-refractivity contribution in [3.05, 3.63) is 59.1 Å². The minimum Gasteiger partial charge on any atom is -0.494 e. The van der Waals surface area contributed by atoms with Gasteiger partial charge in [0.2, 0.25) is 5.91 Å². The van der Waals surface area contributed by atoms with Gasteiger partial charge in [0.05, 0.1) is 13.0 Å². The average Bonchev–Trinajstić information content (AvgIpc) is 2.63. The summed E-state index contributed by atoms with van der Waals surface area (Å²) >= 11 is 5.80. The number of ether oxygens (including phenoxy) is 2. The number of hydrazine groups is 1. The number of carbonyl (C=O) groups is 2. The number of benzene rings is 2. The molecule has 2 N–H and O–H groups in total. The lowest BCUT2D eigenvalue weighted by Gasteiger charge is -2.15. The quantitative estimate of drug-likeness (QED) is 0.728. The molecule has 2 aromatic rings. The first-order chi connectivity index (χ1) is 12.5. The number of rotatable bonds is 7. The van der Waals surface area contributed by atoms with E-state index >= 15 is 0 Å². The third kappa shape index (κ3) is 6.29. The van der Waals surface area contributed by atoms with Crippen LogP contribution in [0.4, 0.5) is 0 Å². The Hall–Kier alpha value is -2.73. The van der Waals surface area contributed by atoms with Gasteiger partial charge in [0.1, 0.15) is 11.5 Å². The predicted octanol–water partition coefficient (Wildman–Crippen LogP) is 2.90. The fourth-order valence-electron chi connectivity index (χ4n) is 2.10. The first-order valence-corrected chi connectivity index (χ1v) is 8.58. The smallest absolute Gasteiger partial charge is 0.279 e. The molecule has 0 saturated heterocycles. The minimum atomic E-state index is -0.774. The Balaban J connectivity index is 1.77. The zero-order chi connectivity index (χ0) is 18.9. The van der Waals surface area contributed by atoms with Gasteiger partial charge in [-0.15, -0.1) is 0 Å². The lowest BCUT2D eigenvalue weighted by atomic mass is 10.1. The molecule has 0 heterocycles. The van der Waals surface area contributed by atoms with E-state index in [0.29, 0.717) is 17.4 Å². The highest BCUT2D eigenvalue weighted by molar-refractivity contribution is 6.30. The van der Waals surface area contributed by atoms with Crippen LogP contribution in [0.3, 0.4) is 0 Å². The van der Waals surface area contributed by atoms with Gasteiger partial charge in [0.15, 0.2) is 6.10 Å². The summed E-state index contributed by atoms with van der Waals surface area (Å²) in [6.07, 6.45) is -0.644. The molecular weight excluding hydrogens is 356 g/mol. The van der Waals surface area contributed by atoms with E-state index < -0.39 is 12.0 Å². The van der Waals surface area contributed by atoms with Crippen LogP contribution in [-0.4, -0.2) is 24.5 Å². The van der Waals surface area contributed by atoms with E-state index in [1.54, 1.807) is 55.5 Å². The summed E-state index contributed by atoms with van der Waals surface area (Å²) in [5, 5.41) is 0.600. The van der Waals surface area contributed by atoms with E-state index in [4.69, 9.17) is 21.1 Å². The van der Waals surface area contributed by atoms with Crippen LogP contribution < -0.4 is 20.3 Å². The van der Waals surface area contributed by atoms with Crippen molar-refractivity contribution in [2.24, 2.45) is 0 Å². The Bertz CT molecular complexity index is 732. The summed E-state index contributed by atoms with van der Waals surface area (Å²) in [6.45, 7) is 4.07. The van der Waals surface area contributed by atoms with Crippen LogP contribution in [0.25, 0.3) is 0 Å². The molecule has 2 aromatic carbocycles. The molecule has 0 radical (unpaired) electrons. The van der Waals surface area contributed by atoms with Gasteiger partial charge in [0, 0.05) is 5.02 Å². The Morgan fingerprint density at radius 3 is 2.23 bits per heavy atom. The minimum absolute atomic E-state index is 0.131. The normalized spacial score (nSPS) is 11.3. The highest BCUT2D eigenvalue weighted by atomic mass is 35.5. The van der Waals surface area contributed by atoms with E-state index in [1.807, 2.05) is 6.92 Å². The molecule has 6 nitrogen and oxygen atoms in total. The van der Waals surface area contributed by atoms with Crippen molar-refractivity contribution in [2.75, 3.05) is 6.61 Å². The molecule has 138 valence electrons. The largest absolute Gasteiger partial charge is 0.494 e. The molecule has 7 heteroatoms. The SMILES string of the molecule is CCOc1ccc(OC(C)C(=O)NNC(=O)Cc2ccc(Cl)cc2)cc1. The standard InChI is InChI=1S/C19H21ClN2O4/c1-3-25-16-8-10-17(11-9-16)26-13(2)19(24)22-21-18(23)12-14-4-6-15(20)7-5-14/h4-11,13H,3,12H2,1-2H3,(H,21,23)(H,22,24). The van der Waals surface area contributed by atoms with Crippen LogP contribution in [0, 0.1) is 0 Å². The van der Waals surface area contributed by atoms with E-state index in [9.17, 15) is 9.59 Å². The molecule has 0 bridgehead atoms. The second kappa shape index (κ2) is 9.68. The van der Waals surface area contributed by atoms with Crippen LogP contribution in [0.1, 0.15) is 19.4 Å². The second-order valence-corrected chi connectivity index (χ2v) is 5.94. The summed E-state index contributed by atoms with van der Waals surface area (Å²) in [6, 6.07) is 13.9. The Kier molecular flexibility index (Phi) is 7.29. The summed E-state index contributed by atoms with van der Waals surface area (Å²) in [5.41, 5.74) is 5.51. The van der Waals surface area contributed by atoms with Crippen LogP contribution >= 0.6 is 11.6 Å². The van der Waals surface area contributed by atoms with Crippen LogP contribution in [0.5, 0.6) is 11.5 Å². The lowest BCUT2D eigenvalue weighted by molar-refractivity contribution is -0.132. The van der Waals surface area contributed by atoms with Gasteiger partial charge in [-0.25, -0.2) is 0 Å². The van der Waals surface area contributed by atoms with Crippen LogP contribution in [0.2, 0.25) is 5.02 Å². The summed E-state index contributed by atoms with van der Waals surface area (Å²) in [5.74, 6) is 0.465. The molecule has 2 amide bonds. The van der Waals surface area contributed by atoms with E-state index in [1.165, 1.54) is 0 Å². The first-order valence-electron chi connectivity index (χ1n) is 8.20. The molecule has 26 heavy (non-hydrogen) atoms. The summed E-state index contributed by atoms with van der Waals surface area (Å²) in [4.78, 5) is 23.9. The fourth-order valence-corrected chi connectivity index (χ4v) is 2.23. The van der Waals surface area contributed by atoms with E-state index in [2.05, 4.69) is 10.9 Å². The Labute approximate surface area is 157 Å². The fraction of sp³-hybridized carbons (Fsp3) is 0.263. The first kappa shape index (κ1) is 19.6. The third-order valence-corrected chi connectivity index (χ3v) is 3.67. The number of nitrogens with one attached hydrogen (secondary N) is 2. The van der Waals surface area contributed by atoms with E-state index in [-0.39, 0.29) is 12.3 Å². The zero-order valence-corrected chi connectivity index (χ0v) is 15.4. The van der Waals surface area contributed by atoms with Gasteiger partial charge < -0.3 is 9.47 Å². The number of halogens is 1. The molecule has 0 aromatic heterocycles. The van der Waals surface area contributed by atoms with E-state index in [0.717, 1.165) is 11.3 Å². The Morgan fingerprint density at radius 2 is 1.62 bits per heavy atom. The van der Waals surface area contributed by atoms with Gasteiger partial charge in [-0.05, 0) is 55.8 Å². The molecule has 0 aliphatic carbocycles. The van der Waals surface area contributed by atoms with Crippen molar-refractivity contribution in [3.63, 3.8) is 0 Å². The van der Waals surface area contributed by atoms with Crippen LogP contribution in [-0.2, 0) is 16.0 Å². The van der Waals surface area contributed by atoms with Crippen molar-refractivity contribution >= 4 is 23.4 Å². The molecule has 0 aliphatic heterocycles. The van der Waals surface area contributed by atoms with Gasteiger partial charge in [-0.1, -0.05) is 23.7 Å². The zero-order valence-electron chi connectivity index (χ0n) is 14.6. The monoisotopic (exact) mass is 376 g/mol. The van der Waals surface area contributed by atoms with Gasteiger partial charge in [-0.3, -0.25) is 20.4 Å². The van der Waals surface area contributed by atoms with Gasteiger partial charge in [0.25, 0.3) is 5.91 Å². The highest BCUT2D eigenvalue weighted by Crippen LogP contribution is 2.18. The molecule has 0 aliphatic rings. The second-order valence-electron chi connectivity index (χ2n) is 5.51. The number of carbonyl (C=O) groups excluding carboxylic acids is 2. The number of hydrogen-bond acceptors (Lipinski definition) is 4. The molecule has 0 spiro atoms. The third-order valence-electron chi connectivity index (χ3n) is 3.42. The highest BCUT2D eigenvalue weighted by Gasteiger charge is 2.15. The van der Waals surface area contributed by atoms with Crippen molar-refractivity contribution in [1.82, 2.24) is 10.9 Å². The topological polar surface area (TPSA) is 76.7 Å². The van der Waals surface area contributed by atoms with Gasteiger partial charge in [-0.2, -0.15) is 0 Å². The molecule has 0 fully saturated rings. The van der Waals surface area contributed by atoms with Crippen molar-refractivity contribution in [1.29, 1.82) is 0 Å². The molecule has 2 rings (SSSR count). The van der Waals surface area contributed by atoms with Crippen molar-refractivity contribution in [2.45, 2.75) is 26.4 Å². The molecule has 1 atom stereocenters. The van der Waals surface area contributed by atoms with Crippen LogP contribution in [0.15, 0.2) is 48.5 Å². The summed E-state index contributed by atoms with van der Waals surface area (Å²) < 4.78 is 10.9. The van der Waals surface area contributed by atoms with Gasteiger partial charge >= 0.3 is 0 Å². The number of hydrogen-bond donors (Lipinski definition) is 2. The van der Waals surface area contributed by atoms with Crippen molar-refractivity contribution < 1.29 is 19.1 Å². The predicted molar refractivity (Wildman–Crippen MR) is 99.1 cm³/mol. The number of amides is 2. The lowest BCUT2D eigenvalue weighted by Crippen LogP contribution is -2.47. The maximum Gasteiger partial charge on any atom is 0.279 e. The summed E-state index contributed by atoms with van der Waals surface area (Å²) in [7, 11) is 0.